The molecule has 0 saturated carbocycles. The van der Waals surface area contributed by atoms with Crippen molar-refractivity contribution < 1.29 is 38.6 Å². The fourth-order valence-electron chi connectivity index (χ4n) is 6.93. The Morgan fingerprint density at radius 3 is 2.54 bits per heavy atom. The van der Waals surface area contributed by atoms with E-state index in [0.717, 1.165) is 32.8 Å². The summed E-state index contributed by atoms with van der Waals surface area (Å²) in [7, 11) is 0. The van der Waals surface area contributed by atoms with Crippen LogP contribution in [-0.2, 0) is 58.8 Å². The van der Waals surface area contributed by atoms with Gasteiger partial charge in [-0.3, -0.25) is 28.9 Å². The number of aromatic nitrogens is 2. The molecule has 4 aromatic rings. The molecule has 4 amide bonds. The zero-order valence-electron chi connectivity index (χ0n) is 28.5. The molecule has 5 heterocycles. The van der Waals surface area contributed by atoms with Crippen LogP contribution < -0.4 is 16.2 Å². The number of imide groups is 1. The monoisotopic (exact) mass is 707 g/mol. The van der Waals surface area contributed by atoms with Crippen LogP contribution in [0.5, 0.6) is 0 Å². The third-order valence-corrected chi connectivity index (χ3v) is 9.85. The lowest BCUT2D eigenvalue weighted by atomic mass is 9.86. The van der Waals surface area contributed by atoms with Gasteiger partial charge < -0.3 is 29.8 Å². The van der Waals surface area contributed by atoms with E-state index in [1.807, 2.05) is 36.4 Å². The van der Waals surface area contributed by atoms with E-state index in [4.69, 9.17) is 14.5 Å². The summed E-state index contributed by atoms with van der Waals surface area (Å²) >= 11 is 0. The van der Waals surface area contributed by atoms with Gasteiger partial charge in [0, 0.05) is 41.6 Å². The van der Waals surface area contributed by atoms with Crippen molar-refractivity contribution in [3.63, 3.8) is 0 Å². The average molecular weight is 708 g/mol. The Kier molecular flexibility index (Phi) is 9.42. The molecule has 0 saturated heterocycles. The summed E-state index contributed by atoms with van der Waals surface area (Å²) in [6, 6.07) is 13.5. The number of carbonyl (C=O) groups excluding carboxylic acids is 5. The number of pyridine rings is 2. The van der Waals surface area contributed by atoms with Crippen molar-refractivity contribution in [1.82, 2.24) is 25.1 Å². The van der Waals surface area contributed by atoms with E-state index >= 15 is 0 Å². The first-order valence-corrected chi connectivity index (χ1v) is 17.2. The molecular formula is C38H37N5O9. The van der Waals surface area contributed by atoms with Gasteiger partial charge in [0.2, 0.25) is 11.8 Å². The minimum Gasteiger partial charge on any atom is -0.458 e. The number of benzene rings is 2. The minimum atomic E-state index is -1.89. The Labute approximate surface area is 297 Å². The van der Waals surface area contributed by atoms with Crippen molar-refractivity contribution in [2.75, 3.05) is 19.8 Å². The second-order valence-corrected chi connectivity index (χ2v) is 13.1. The molecule has 0 radical (unpaired) electrons. The minimum absolute atomic E-state index is 0.0546. The van der Waals surface area contributed by atoms with Gasteiger partial charge in [0.1, 0.15) is 13.3 Å². The predicted molar refractivity (Wildman–Crippen MR) is 187 cm³/mol. The van der Waals surface area contributed by atoms with E-state index in [0.29, 0.717) is 43.7 Å². The SMILES string of the molecule is CC[C@@]1(O)C(=O)OCc2c1cc1n(c2=O)Cc2cc3c(ccc4ccc(COCNC(=O)CNC(=O)CCCCCN5C(=O)C=CC5=O)cc43)nc2-1. The molecule has 7 rings (SSSR count). The number of hydrogen-bond donors (Lipinski definition) is 3. The summed E-state index contributed by atoms with van der Waals surface area (Å²) in [5, 5.41) is 19.2. The molecule has 3 aliphatic heterocycles. The van der Waals surface area contributed by atoms with E-state index in [1.54, 1.807) is 17.6 Å². The quantitative estimate of drug-likeness (QED) is 0.0540. The Morgan fingerprint density at radius 2 is 1.75 bits per heavy atom. The van der Waals surface area contributed by atoms with E-state index in [-0.39, 0.29) is 73.7 Å². The first kappa shape index (κ1) is 34.7. The maximum Gasteiger partial charge on any atom is 0.343 e. The molecule has 0 unspecified atom stereocenters. The molecule has 3 N–H and O–H groups in total. The highest BCUT2D eigenvalue weighted by atomic mass is 16.6. The topological polar surface area (TPSA) is 186 Å². The lowest BCUT2D eigenvalue weighted by Crippen LogP contribution is -2.44. The Hall–Kier alpha value is -5.73. The van der Waals surface area contributed by atoms with Crippen molar-refractivity contribution in [1.29, 1.82) is 0 Å². The van der Waals surface area contributed by atoms with Crippen molar-refractivity contribution in [2.24, 2.45) is 0 Å². The van der Waals surface area contributed by atoms with Crippen LogP contribution in [0.25, 0.3) is 33.1 Å². The standard InChI is InChI=1S/C38H37N5O9/c1-2-38(50)28-16-30-35-24(18-43(30)36(48)27(28)20-52-37(38)49)15-26-25-14-22(7-8-23(25)9-10-29(26)41-35)19-51-21-40-32(45)17-39-31(44)6-4-3-5-13-42-33(46)11-12-34(42)47/h7-12,14-16,50H,2-6,13,17-21H2,1H3,(H,39,44)(H,40,45)/t38-/m0/s1. The van der Waals surface area contributed by atoms with Gasteiger partial charge >= 0.3 is 5.97 Å². The summed E-state index contributed by atoms with van der Waals surface area (Å²) < 4.78 is 12.5. The van der Waals surface area contributed by atoms with Crippen molar-refractivity contribution in [3.05, 3.63) is 87.2 Å². The Bertz CT molecular complexity index is 2240. The van der Waals surface area contributed by atoms with Crippen molar-refractivity contribution >= 4 is 51.3 Å². The molecule has 0 aliphatic carbocycles. The summed E-state index contributed by atoms with van der Waals surface area (Å²) in [6.45, 7) is 2.07. The number of fused-ring (bicyclic) bond motifs is 7. The second-order valence-electron chi connectivity index (χ2n) is 13.1. The van der Waals surface area contributed by atoms with Gasteiger partial charge in [-0.15, -0.1) is 0 Å². The number of cyclic esters (lactones) is 1. The van der Waals surface area contributed by atoms with Crippen LogP contribution in [0.1, 0.15) is 61.3 Å². The summed E-state index contributed by atoms with van der Waals surface area (Å²) in [6.07, 6.45) is 4.62. The van der Waals surface area contributed by atoms with Crippen molar-refractivity contribution in [2.45, 2.75) is 64.4 Å². The predicted octanol–water partition coefficient (Wildman–Crippen LogP) is 2.42. The van der Waals surface area contributed by atoms with Crippen LogP contribution in [0.4, 0.5) is 0 Å². The summed E-state index contributed by atoms with van der Waals surface area (Å²) in [5.41, 5.74) is 1.94. The zero-order valence-corrected chi connectivity index (χ0v) is 28.5. The first-order valence-electron chi connectivity index (χ1n) is 17.2. The van der Waals surface area contributed by atoms with Crippen LogP contribution in [0.15, 0.2) is 59.4 Å². The van der Waals surface area contributed by atoms with Crippen LogP contribution >= 0.6 is 0 Å². The second kappa shape index (κ2) is 14.1. The smallest absolute Gasteiger partial charge is 0.343 e. The van der Waals surface area contributed by atoms with E-state index in [2.05, 4.69) is 10.6 Å². The highest BCUT2D eigenvalue weighted by molar-refractivity contribution is 6.13. The van der Waals surface area contributed by atoms with E-state index in [1.165, 1.54) is 17.1 Å². The largest absolute Gasteiger partial charge is 0.458 e. The van der Waals surface area contributed by atoms with Crippen LogP contribution in [0.2, 0.25) is 0 Å². The normalized spacial score (nSPS) is 17.3. The van der Waals surface area contributed by atoms with E-state index in [9.17, 15) is 33.9 Å². The first-order chi connectivity index (χ1) is 25.1. The maximum absolute atomic E-state index is 13.5. The van der Waals surface area contributed by atoms with Gasteiger partial charge in [0.15, 0.2) is 5.60 Å². The molecule has 1 atom stereocenters. The molecule has 3 aliphatic rings. The zero-order chi connectivity index (χ0) is 36.6. The lowest BCUT2D eigenvalue weighted by molar-refractivity contribution is -0.172. The average Bonchev–Trinajstić information content (AvgIpc) is 3.67. The maximum atomic E-state index is 13.5. The fourth-order valence-corrected chi connectivity index (χ4v) is 6.93. The number of aliphatic hydroxyl groups is 1. The van der Waals surface area contributed by atoms with Gasteiger partial charge in [-0.2, -0.15) is 0 Å². The number of carbonyl (C=O) groups is 5. The third-order valence-electron chi connectivity index (χ3n) is 9.85. The van der Waals surface area contributed by atoms with Crippen LogP contribution in [0.3, 0.4) is 0 Å². The van der Waals surface area contributed by atoms with Crippen LogP contribution in [0, 0.1) is 0 Å². The molecule has 0 fully saturated rings. The van der Waals surface area contributed by atoms with Gasteiger partial charge in [-0.05, 0) is 59.9 Å². The molecule has 268 valence electrons. The number of hydrogen-bond acceptors (Lipinski definition) is 10. The van der Waals surface area contributed by atoms with Gasteiger partial charge in [0.25, 0.3) is 17.4 Å². The molecular weight excluding hydrogens is 670 g/mol. The number of ether oxygens (including phenoxy) is 2. The molecule has 14 nitrogen and oxygen atoms in total. The van der Waals surface area contributed by atoms with Gasteiger partial charge in [0.05, 0.1) is 42.2 Å². The highest BCUT2D eigenvalue weighted by Crippen LogP contribution is 2.39. The summed E-state index contributed by atoms with van der Waals surface area (Å²) in [5.74, 6) is -2.06. The molecule has 2 aromatic carbocycles. The molecule has 2 aromatic heterocycles. The molecule has 52 heavy (non-hydrogen) atoms. The Morgan fingerprint density at radius 1 is 0.962 bits per heavy atom. The van der Waals surface area contributed by atoms with E-state index < -0.39 is 17.5 Å². The number of nitrogens with one attached hydrogen (secondary N) is 2. The highest BCUT2D eigenvalue weighted by Gasteiger charge is 2.45. The number of unbranched alkanes of at least 4 members (excludes halogenated alkanes) is 2. The Balaban J connectivity index is 0.934. The van der Waals surface area contributed by atoms with Gasteiger partial charge in [-0.1, -0.05) is 31.5 Å². The van der Waals surface area contributed by atoms with Crippen molar-refractivity contribution in [3.8, 4) is 11.4 Å². The third kappa shape index (κ3) is 6.46. The van der Waals surface area contributed by atoms with Gasteiger partial charge in [-0.25, -0.2) is 9.78 Å². The van der Waals surface area contributed by atoms with Crippen LogP contribution in [-0.4, -0.2) is 69.0 Å². The number of esters is 1. The number of rotatable bonds is 13. The summed E-state index contributed by atoms with van der Waals surface area (Å²) in [4.78, 5) is 79.6. The lowest BCUT2D eigenvalue weighted by Gasteiger charge is -2.31. The fraction of sp³-hybridized carbons (Fsp3) is 0.342. The molecule has 14 heteroatoms. The molecule has 0 bridgehead atoms. The number of amides is 4. The molecule has 0 spiro atoms. The number of nitrogens with zero attached hydrogens (tertiary/aromatic N) is 3.